The Hall–Kier alpha value is -1.60. The van der Waals surface area contributed by atoms with E-state index in [4.69, 9.17) is 0 Å². The fourth-order valence-corrected chi connectivity index (χ4v) is 3.96. The zero-order valence-electron chi connectivity index (χ0n) is 16.8. The number of amides is 2. The number of carbonyl (C=O) groups excluding carboxylic acids is 1. The van der Waals surface area contributed by atoms with E-state index < -0.39 is 9.84 Å². The average molecular weight is 396 g/mol. The van der Waals surface area contributed by atoms with Gasteiger partial charge in [0.25, 0.3) is 0 Å². The molecular weight excluding hydrogens is 362 g/mol. The number of urea groups is 1. The third kappa shape index (κ3) is 6.81. The minimum absolute atomic E-state index is 0.0326. The van der Waals surface area contributed by atoms with Gasteiger partial charge in [-0.15, -0.1) is 0 Å². The molecule has 1 saturated heterocycles. The van der Waals surface area contributed by atoms with Gasteiger partial charge in [0.2, 0.25) is 0 Å². The third-order valence-corrected chi connectivity index (χ3v) is 6.43. The van der Waals surface area contributed by atoms with E-state index in [0.717, 1.165) is 63.8 Å². The summed E-state index contributed by atoms with van der Waals surface area (Å²) in [7, 11) is -3.15. The van der Waals surface area contributed by atoms with Crippen molar-refractivity contribution in [1.29, 1.82) is 0 Å². The number of nitrogens with zero attached hydrogens (tertiary/aromatic N) is 1. The number of carbonyl (C=O) groups is 1. The summed E-state index contributed by atoms with van der Waals surface area (Å²) in [6.07, 6.45) is 6.09. The largest absolute Gasteiger partial charge is 0.338 e. The smallest absolute Gasteiger partial charge is 0.317 e. The van der Waals surface area contributed by atoms with E-state index >= 15 is 0 Å². The number of rotatable bonds is 10. The average Bonchev–Trinajstić information content (AvgIpc) is 2.62. The molecule has 1 aromatic rings. The molecule has 7 heteroatoms. The van der Waals surface area contributed by atoms with Crippen LogP contribution in [-0.4, -0.2) is 57.3 Å². The molecule has 0 radical (unpaired) electrons. The molecule has 1 heterocycles. The van der Waals surface area contributed by atoms with Gasteiger partial charge in [-0.2, -0.15) is 0 Å². The summed E-state index contributed by atoms with van der Waals surface area (Å²) in [5.41, 5.74) is 1.10. The summed E-state index contributed by atoms with van der Waals surface area (Å²) >= 11 is 0. The van der Waals surface area contributed by atoms with E-state index in [0.29, 0.717) is 4.90 Å². The maximum atomic E-state index is 11.7. The molecule has 1 atom stereocenters. The second-order valence-corrected chi connectivity index (χ2v) is 9.73. The molecule has 0 spiro atoms. The van der Waals surface area contributed by atoms with Gasteiger partial charge in [-0.25, -0.2) is 13.2 Å². The molecule has 2 amide bonds. The summed E-state index contributed by atoms with van der Waals surface area (Å²) in [6, 6.07) is 7.24. The van der Waals surface area contributed by atoms with Gasteiger partial charge >= 0.3 is 6.03 Å². The van der Waals surface area contributed by atoms with Crippen LogP contribution in [0.5, 0.6) is 0 Å². The Morgan fingerprint density at radius 3 is 2.52 bits per heavy atom. The molecule has 2 N–H and O–H groups in total. The first-order valence-electron chi connectivity index (χ1n) is 9.80. The number of nitrogens with one attached hydrogen (secondary N) is 2. The quantitative estimate of drug-likeness (QED) is 0.597. The minimum atomic E-state index is -3.15. The van der Waals surface area contributed by atoms with Crippen molar-refractivity contribution in [2.24, 2.45) is 0 Å². The molecule has 0 aliphatic carbocycles. The molecule has 1 fully saturated rings. The fourth-order valence-electron chi connectivity index (χ4n) is 3.33. The Bertz CT molecular complexity index is 718. The molecule has 27 heavy (non-hydrogen) atoms. The molecule has 0 unspecified atom stereocenters. The van der Waals surface area contributed by atoms with Crippen LogP contribution in [0, 0.1) is 0 Å². The van der Waals surface area contributed by atoms with Crippen LogP contribution in [0.25, 0.3) is 0 Å². The van der Waals surface area contributed by atoms with Crippen LogP contribution in [0.1, 0.15) is 45.1 Å². The van der Waals surface area contributed by atoms with Crippen molar-refractivity contribution in [2.75, 3.05) is 32.4 Å². The van der Waals surface area contributed by atoms with Gasteiger partial charge in [0.05, 0.1) is 4.90 Å². The Kier molecular flexibility index (Phi) is 7.68. The molecule has 0 bridgehead atoms. The summed E-state index contributed by atoms with van der Waals surface area (Å²) in [4.78, 5) is 14.0. The molecular formula is C20H33N3O3S. The third-order valence-electron chi connectivity index (χ3n) is 5.30. The lowest BCUT2D eigenvalue weighted by atomic mass is 9.90. The summed E-state index contributed by atoms with van der Waals surface area (Å²) in [5.74, 6) is 0. The molecule has 6 nitrogen and oxygen atoms in total. The highest BCUT2D eigenvalue weighted by Gasteiger charge is 2.22. The van der Waals surface area contributed by atoms with E-state index in [1.165, 1.54) is 6.26 Å². The molecule has 1 aromatic carbocycles. The van der Waals surface area contributed by atoms with Crippen LogP contribution >= 0.6 is 0 Å². The lowest BCUT2D eigenvalue weighted by Gasteiger charge is -2.31. The van der Waals surface area contributed by atoms with Crippen molar-refractivity contribution < 1.29 is 13.2 Å². The first kappa shape index (κ1) is 21.7. The van der Waals surface area contributed by atoms with Crippen molar-refractivity contribution in [3.63, 3.8) is 0 Å². The second kappa shape index (κ2) is 9.55. The number of unbranched alkanes of at least 4 members (excludes halogenated alkanes) is 1. The molecule has 1 aliphatic rings. The number of hydrogen-bond acceptors (Lipinski definition) is 4. The standard InChI is InChI=1S/C20H33N3O3S/c1-4-20(2,16-17-8-10-18(11-9-17)27(3,25)26)22-13-5-6-14-23-15-7-12-21-19(23)24/h8-11,22H,4-7,12-16H2,1-3H3,(H,21,24)/t20-/m0/s1. The molecule has 152 valence electrons. The Balaban J connectivity index is 1.78. The summed E-state index contributed by atoms with van der Waals surface area (Å²) < 4.78 is 23.2. The number of hydrogen-bond donors (Lipinski definition) is 2. The van der Waals surface area contributed by atoms with Crippen molar-refractivity contribution in [3.05, 3.63) is 29.8 Å². The highest BCUT2D eigenvalue weighted by molar-refractivity contribution is 7.90. The van der Waals surface area contributed by atoms with Crippen LogP contribution < -0.4 is 10.6 Å². The minimum Gasteiger partial charge on any atom is -0.338 e. The normalized spacial score (nSPS) is 17.4. The Labute approximate surface area is 163 Å². The lowest BCUT2D eigenvalue weighted by Crippen LogP contribution is -2.47. The van der Waals surface area contributed by atoms with Gasteiger partial charge in [-0.3, -0.25) is 0 Å². The fraction of sp³-hybridized carbons (Fsp3) is 0.650. The Morgan fingerprint density at radius 2 is 1.93 bits per heavy atom. The topological polar surface area (TPSA) is 78.5 Å². The number of benzene rings is 1. The van der Waals surface area contributed by atoms with Crippen molar-refractivity contribution in [3.8, 4) is 0 Å². The molecule has 0 saturated carbocycles. The SMILES string of the molecule is CC[C@@](C)(Cc1ccc(S(C)(=O)=O)cc1)NCCCCN1CCCNC1=O. The van der Waals surface area contributed by atoms with Gasteiger partial charge in [0, 0.05) is 31.4 Å². The van der Waals surface area contributed by atoms with E-state index in [2.05, 4.69) is 24.5 Å². The zero-order valence-corrected chi connectivity index (χ0v) is 17.6. The van der Waals surface area contributed by atoms with Gasteiger partial charge in [0.1, 0.15) is 0 Å². The maximum Gasteiger partial charge on any atom is 0.317 e. The first-order valence-corrected chi connectivity index (χ1v) is 11.7. The van der Waals surface area contributed by atoms with Crippen molar-refractivity contribution in [2.45, 2.75) is 56.4 Å². The van der Waals surface area contributed by atoms with Crippen molar-refractivity contribution >= 4 is 15.9 Å². The van der Waals surface area contributed by atoms with E-state index in [1.54, 1.807) is 12.1 Å². The maximum absolute atomic E-state index is 11.7. The van der Waals surface area contributed by atoms with Crippen LogP contribution in [-0.2, 0) is 16.3 Å². The molecule has 0 aromatic heterocycles. The van der Waals surface area contributed by atoms with Gasteiger partial charge in [-0.1, -0.05) is 19.1 Å². The summed E-state index contributed by atoms with van der Waals surface area (Å²) in [5, 5.41) is 6.53. The van der Waals surface area contributed by atoms with Gasteiger partial charge in [0.15, 0.2) is 9.84 Å². The molecule has 1 aliphatic heterocycles. The van der Waals surface area contributed by atoms with Gasteiger partial charge in [-0.05, 0) is 63.3 Å². The van der Waals surface area contributed by atoms with Crippen LogP contribution in [0.15, 0.2) is 29.2 Å². The van der Waals surface area contributed by atoms with E-state index in [9.17, 15) is 13.2 Å². The van der Waals surface area contributed by atoms with Gasteiger partial charge < -0.3 is 15.5 Å². The van der Waals surface area contributed by atoms with E-state index in [-0.39, 0.29) is 11.6 Å². The number of sulfone groups is 1. The second-order valence-electron chi connectivity index (χ2n) is 7.71. The van der Waals surface area contributed by atoms with Crippen LogP contribution in [0.2, 0.25) is 0 Å². The van der Waals surface area contributed by atoms with Crippen LogP contribution in [0.3, 0.4) is 0 Å². The zero-order chi connectivity index (χ0) is 19.9. The lowest BCUT2D eigenvalue weighted by molar-refractivity contribution is 0.184. The highest BCUT2D eigenvalue weighted by Crippen LogP contribution is 2.19. The predicted octanol–water partition coefficient (Wildman–Crippen LogP) is 2.59. The van der Waals surface area contributed by atoms with E-state index in [1.807, 2.05) is 17.0 Å². The van der Waals surface area contributed by atoms with Crippen molar-refractivity contribution in [1.82, 2.24) is 15.5 Å². The summed E-state index contributed by atoms with van der Waals surface area (Å²) in [6.45, 7) is 7.72. The molecule has 2 rings (SSSR count). The predicted molar refractivity (Wildman–Crippen MR) is 109 cm³/mol. The first-order chi connectivity index (χ1) is 12.7. The van der Waals surface area contributed by atoms with Crippen LogP contribution in [0.4, 0.5) is 4.79 Å². The monoisotopic (exact) mass is 395 g/mol. The highest BCUT2D eigenvalue weighted by atomic mass is 32.2. The Morgan fingerprint density at radius 1 is 1.22 bits per heavy atom.